The van der Waals surface area contributed by atoms with Crippen LogP contribution in [0.4, 0.5) is 11.4 Å². The largest absolute Gasteiger partial charge is 0.372 e. The monoisotopic (exact) mass is 303 g/mol. The van der Waals surface area contributed by atoms with Gasteiger partial charge in [0.15, 0.2) is 0 Å². The molecule has 5 nitrogen and oxygen atoms in total. The SMILES string of the molecule is CCCCCNC(=O)C(=O)Nc1ccc(N2CCCC2)cc1. The topological polar surface area (TPSA) is 61.4 Å². The molecular weight excluding hydrogens is 278 g/mol. The van der Waals surface area contributed by atoms with Gasteiger partial charge < -0.3 is 15.5 Å². The predicted octanol–water partition coefficient (Wildman–Crippen LogP) is 2.53. The number of unbranched alkanes of at least 4 members (excludes halogenated alkanes) is 2. The highest BCUT2D eigenvalue weighted by molar-refractivity contribution is 6.39. The second kappa shape index (κ2) is 8.41. The van der Waals surface area contributed by atoms with E-state index in [-0.39, 0.29) is 0 Å². The summed E-state index contributed by atoms with van der Waals surface area (Å²) in [5.41, 5.74) is 1.82. The first-order valence-corrected chi connectivity index (χ1v) is 8.15. The third kappa shape index (κ3) is 4.76. The maximum Gasteiger partial charge on any atom is 0.313 e. The zero-order valence-corrected chi connectivity index (χ0v) is 13.2. The summed E-state index contributed by atoms with van der Waals surface area (Å²) in [5, 5.41) is 5.27. The standard InChI is InChI=1S/C17H25N3O2/c1-2-3-4-11-18-16(21)17(22)19-14-7-9-15(10-8-14)20-12-5-6-13-20/h7-10H,2-6,11-13H2,1H3,(H,18,21)(H,19,22). The van der Waals surface area contributed by atoms with Gasteiger partial charge in [-0.25, -0.2) is 0 Å². The van der Waals surface area contributed by atoms with Gasteiger partial charge in [0.1, 0.15) is 0 Å². The van der Waals surface area contributed by atoms with Crippen molar-refractivity contribution >= 4 is 23.2 Å². The highest BCUT2D eigenvalue weighted by atomic mass is 16.2. The van der Waals surface area contributed by atoms with Crippen molar-refractivity contribution in [3.63, 3.8) is 0 Å². The Hall–Kier alpha value is -2.04. The minimum absolute atomic E-state index is 0.550. The predicted molar refractivity (Wildman–Crippen MR) is 89.1 cm³/mol. The summed E-state index contributed by atoms with van der Waals surface area (Å²) in [4.78, 5) is 25.8. The third-order valence-electron chi connectivity index (χ3n) is 3.87. The van der Waals surface area contributed by atoms with Crippen molar-refractivity contribution in [2.24, 2.45) is 0 Å². The maximum absolute atomic E-state index is 11.8. The molecule has 0 bridgehead atoms. The van der Waals surface area contributed by atoms with Crippen molar-refractivity contribution in [2.75, 3.05) is 29.9 Å². The molecule has 1 aromatic rings. The molecule has 1 aliphatic rings. The van der Waals surface area contributed by atoms with Gasteiger partial charge in [-0.15, -0.1) is 0 Å². The first kappa shape index (κ1) is 16.3. The van der Waals surface area contributed by atoms with Crippen LogP contribution in [0.2, 0.25) is 0 Å². The summed E-state index contributed by atoms with van der Waals surface area (Å²) in [6.45, 7) is 4.83. The Labute approximate surface area is 132 Å². The van der Waals surface area contributed by atoms with Crippen LogP contribution in [-0.2, 0) is 9.59 Å². The van der Waals surface area contributed by atoms with E-state index in [2.05, 4.69) is 22.5 Å². The Balaban J connectivity index is 1.79. The average Bonchev–Trinajstić information content (AvgIpc) is 3.06. The lowest BCUT2D eigenvalue weighted by molar-refractivity contribution is -0.136. The Bertz CT molecular complexity index is 493. The van der Waals surface area contributed by atoms with E-state index in [1.807, 2.05) is 24.3 Å². The molecule has 0 aromatic heterocycles. The highest BCUT2D eigenvalue weighted by Gasteiger charge is 2.14. The van der Waals surface area contributed by atoms with E-state index in [1.165, 1.54) is 18.5 Å². The molecule has 2 amide bonds. The molecule has 22 heavy (non-hydrogen) atoms. The molecule has 0 aliphatic carbocycles. The number of rotatable bonds is 6. The summed E-state index contributed by atoms with van der Waals surface area (Å²) in [7, 11) is 0. The van der Waals surface area contributed by atoms with Crippen LogP contribution in [-0.4, -0.2) is 31.4 Å². The lowest BCUT2D eigenvalue weighted by Crippen LogP contribution is -2.35. The van der Waals surface area contributed by atoms with Crippen molar-refractivity contribution in [1.29, 1.82) is 0 Å². The Kier molecular flexibility index (Phi) is 6.25. The van der Waals surface area contributed by atoms with Gasteiger partial charge in [0.2, 0.25) is 0 Å². The molecule has 1 saturated heterocycles. The van der Waals surface area contributed by atoms with E-state index in [0.717, 1.165) is 32.4 Å². The van der Waals surface area contributed by atoms with Gasteiger partial charge in [-0.3, -0.25) is 9.59 Å². The van der Waals surface area contributed by atoms with Crippen LogP contribution in [0.3, 0.4) is 0 Å². The van der Waals surface area contributed by atoms with E-state index in [0.29, 0.717) is 12.2 Å². The maximum atomic E-state index is 11.8. The number of amides is 2. The van der Waals surface area contributed by atoms with Gasteiger partial charge in [0.25, 0.3) is 0 Å². The van der Waals surface area contributed by atoms with Crippen LogP contribution in [0.25, 0.3) is 0 Å². The molecule has 5 heteroatoms. The first-order chi connectivity index (χ1) is 10.7. The zero-order valence-electron chi connectivity index (χ0n) is 13.2. The molecule has 0 unspecified atom stereocenters. The Morgan fingerprint density at radius 2 is 1.73 bits per heavy atom. The Morgan fingerprint density at radius 1 is 1.05 bits per heavy atom. The van der Waals surface area contributed by atoms with E-state index < -0.39 is 11.8 Å². The molecule has 0 saturated carbocycles. The van der Waals surface area contributed by atoms with Crippen molar-refractivity contribution in [2.45, 2.75) is 39.0 Å². The lowest BCUT2D eigenvalue weighted by Gasteiger charge is -2.17. The van der Waals surface area contributed by atoms with Crippen molar-refractivity contribution in [1.82, 2.24) is 5.32 Å². The van der Waals surface area contributed by atoms with Crippen LogP contribution in [0, 0.1) is 0 Å². The van der Waals surface area contributed by atoms with Gasteiger partial charge in [0.05, 0.1) is 0 Å². The molecule has 2 N–H and O–H groups in total. The Morgan fingerprint density at radius 3 is 2.36 bits per heavy atom. The number of hydrogen-bond donors (Lipinski definition) is 2. The summed E-state index contributed by atoms with van der Waals surface area (Å²) >= 11 is 0. The number of hydrogen-bond acceptors (Lipinski definition) is 3. The van der Waals surface area contributed by atoms with Gasteiger partial charge in [-0.2, -0.15) is 0 Å². The van der Waals surface area contributed by atoms with Crippen molar-refractivity contribution < 1.29 is 9.59 Å². The number of anilines is 2. The molecule has 120 valence electrons. The molecule has 1 aromatic carbocycles. The third-order valence-corrected chi connectivity index (χ3v) is 3.87. The van der Waals surface area contributed by atoms with Crippen LogP contribution in [0.1, 0.15) is 39.0 Å². The molecule has 1 heterocycles. The van der Waals surface area contributed by atoms with Gasteiger partial charge in [-0.05, 0) is 43.5 Å². The smallest absolute Gasteiger partial charge is 0.313 e. The molecular formula is C17H25N3O2. The van der Waals surface area contributed by atoms with E-state index >= 15 is 0 Å². The molecule has 0 spiro atoms. The first-order valence-electron chi connectivity index (χ1n) is 8.15. The second-order valence-corrected chi connectivity index (χ2v) is 5.66. The quantitative estimate of drug-likeness (QED) is 0.627. The minimum Gasteiger partial charge on any atom is -0.372 e. The number of carbonyl (C=O) groups excluding carboxylic acids is 2. The fourth-order valence-electron chi connectivity index (χ4n) is 2.58. The van der Waals surface area contributed by atoms with Crippen LogP contribution in [0.5, 0.6) is 0 Å². The van der Waals surface area contributed by atoms with Crippen molar-refractivity contribution in [3.8, 4) is 0 Å². The molecule has 0 radical (unpaired) electrons. The van der Waals surface area contributed by atoms with Gasteiger partial charge in [-0.1, -0.05) is 19.8 Å². The fraction of sp³-hybridized carbons (Fsp3) is 0.529. The fourth-order valence-corrected chi connectivity index (χ4v) is 2.58. The number of carbonyl (C=O) groups is 2. The van der Waals surface area contributed by atoms with Gasteiger partial charge in [0, 0.05) is 31.0 Å². The lowest BCUT2D eigenvalue weighted by atomic mass is 10.2. The molecule has 1 fully saturated rings. The average molecular weight is 303 g/mol. The molecule has 2 rings (SSSR count). The van der Waals surface area contributed by atoms with E-state index in [4.69, 9.17) is 0 Å². The van der Waals surface area contributed by atoms with Crippen LogP contribution >= 0.6 is 0 Å². The second-order valence-electron chi connectivity index (χ2n) is 5.66. The summed E-state index contributed by atoms with van der Waals surface area (Å²) in [5.74, 6) is -1.18. The van der Waals surface area contributed by atoms with Crippen molar-refractivity contribution in [3.05, 3.63) is 24.3 Å². The normalized spacial score (nSPS) is 14.0. The number of nitrogens with zero attached hydrogens (tertiary/aromatic N) is 1. The van der Waals surface area contributed by atoms with E-state index in [9.17, 15) is 9.59 Å². The van der Waals surface area contributed by atoms with E-state index in [1.54, 1.807) is 0 Å². The highest BCUT2D eigenvalue weighted by Crippen LogP contribution is 2.21. The summed E-state index contributed by atoms with van der Waals surface area (Å²) < 4.78 is 0. The van der Waals surface area contributed by atoms with Gasteiger partial charge >= 0.3 is 11.8 Å². The molecule has 1 aliphatic heterocycles. The number of benzene rings is 1. The van der Waals surface area contributed by atoms with Crippen LogP contribution in [0.15, 0.2) is 24.3 Å². The summed E-state index contributed by atoms with van der Waals surface area (Å²) in [6.07, 6.45) is 5.51. The number of nitrogens with one attached hydrogen (secondary N) is 2. The van der Waals surface area contributed by atoms with Crippen LogP contribution < -0.4 is 15.5 Å². The zero-order chi connectivity index (χ0) is 15.8. The minimum atomic E-state index is -0.606. The molecule has 0 atom stereocenters. The summed E-state index contributed by atoms with van der Waals surface area (Å²) in [6, 6.07) is 7.66.